The number of ether oxygens (including phenoxy) is 1. The third kappa shape index (κ3) is 3.64. The van der Waals surface area contributed by atoms with E-state index in [1.165, 1.54) is 10.9 Å². The van der Waals surface area contributed by atoms with Crippen LogP contribution in [0, 0.1) is 0 Å². The second kappa shape index (κ2) is 7.67. The van der Waals surface area contributed by atoms with Crippen molar-refractivity contribution in [1.82, 2.24) is 24.4 Å². The molecule has 4 aromatic rings. The van der Waals surface area contributed by atoms with Crippen molar-refractivity contribution >= 4 is 17.4 Å². The highest BCUT2D eigenvalue weighted by molar-refractivity contribution is 6.05. The molecule has 3 aromatic heterocycles. The minimum atomic E-state index is -0.553. The number of aromatic nitrogens is 5. The Kier molecular flexibility index (Phi) is 4.90. The standard InChI is InChI=1S/C21H19N5O3/c1-3-29-21(28)16-12-22-25(2)19(16)17(27)11-14-9-10-18-23-20(24-26(18)13-14)15-7-5-4-6-8-15/h4-10,12-13H,3,11H2,1-2H3. The van der Waals surface area contributed by atoms with Gasteiger partial charge in [0.05, 0.1) is 12.8 Å². The number of benzene rings is 1. The first-order valence-electron chi connectivity index (χ1n) is 9.20. The summed E-state index contributed by atoms with van der Waals surface area (Å²) in [6.07, 6.45) is 3.23. The molecule has 0 saturated carbocycles. The lowest BCUT2D eigenvalue weighted by Gasteiger charge is -2.06. The summed E-state index contributed by atoms with van der Waals surface area (Å²) in [4.78, 5) is 29.5. The van der Waals surface area contributed by atoms with E-state index in [2.05, 4.69) is 15.2 Å². The lowest BCUT2D eigenvalue weighted by molar-refractivity contribution is 0.0522. The van der Waals surface area contributed by atoms with Gasteiger partial charge in [0.15, 0.2) is 17.3 Å². The van der Waals surface area contributed by atoms with Gasteiger partial charge in [-0.2, -0.15) is 5.10 Å². The SMILES string of the molecule is CCOC(=O)c1cnn(C)c1C(=O)Cc1ccc2nc(-c3ccccc3)nn2c1. The molecule has 0 N–H and O–H groups in total. The summed E-state index contributed by atoms with van der Waals surface area (Å²) in [5.74, 6) is -0.163. The fourth-order valence-corrected chi connectivity index (χ4v) is 3.14. The lowest BCUT2D eigenvalue weighted by atomic mass is 10.1. The number of rotatable bonds is 6. The molecule has 0 aliphatic carbocycles. The van der Waals surface area contributed by atoms with E-state index in [4.69, 9.17) is 4.74 Å². The zero-order chi connectivity index (χ0) is 20.4. The zero-order valence-electron chi connectivity index (χ0n) is 16.1. The van der Waals surface area contributed by atoms with Gasteiger partial charge in [-0.3, -0.25) is 9.48 Å². The fourth-order valence-electron chi connectivity index (χ4n) is 3.14. The highest BCUT2D eigenvalue weighted by atomic mass is 16.5. The number of hydrogen-bond donors (Lipinski definition) is 0. The topological polar surface area (TPSA) is 91.4 Å². The van der Waals surface area contributed by atoms with Crippen LogP contribution in [0.25, 0.3) is 17.0 Å². The Bertz CT molecular complexity index is 1190. The van der Waals surface area contributed by atoms with Gasteiger partial charge in [-0.25, -0.2) is 14.3 Å². The molecule has 0 spiro atoms. The van der Waals surface area contributed by atoms with E-state index < -0.39 is 5.97 Å². The second-order valence-electron chi connectivity index (χ2n) is 6.49. The Hall–Kier alpha value is -3.81. The number of Topliss-reactive ketones (excluding diaryl/α,β-unsaturated/α-hetero) is 1. The number of pyridine rings is 1. The number of hydrogen-bond acceptors (Lipinski definition) is 6. The molecule has 0 bridgehead atoms. The predicted molar refractivity (Wildman–Crippen MR) is 106 cm³/mol. The van der Waals surface area contributed by atoms with E-state index in [0.717, 1.165) is 11.1 Å². The van der Waals surface area contributed by atoms with Gasteiger partial charge in [-0.1, -0.05) is 36.4 Å². The zero-order valence-corrected chi connectivity index (χ0v) is 16.1. The van der Waals surface area contributed by atoms with Crippen LogP contribution in [0.2, 0.25) is 0 Å². The van der Waals surface area contributed by atoms with E-state index in [1.54, 1.807) is 24.7 Å². The highest BCUT2D eigenvalue weighted by Crippen LogP contribution is 2.17. The Morgan fingerprint density at radius 3 is 2.66 bits per heavy atom. The number of ketones is 1. The van der Waals surface area contributed by atoms with Gasteiger partial charge >= 0.3 is 5.97 Å². The van der Waals surface area contributed by atoms with Crippen LogP contribution in [0.4, 0.5) is 0 Å². The number of fused-ring (bicyclic) bond motifs is 1. The molecule has 0 aliphatic heterocycles. The van der Waals surface area contributed by atoms with Crippen LogP contribution >= 0.6 is 0 Å². The minimum absolute atomic E-state index is 0.0996. The smallest absolute Gasteiger partial charge is 0.342 e. The molecule has 1 aromatic carbocycles. The molecule has 0 aliphatic rings. The van der Waals surface area contributed by atoms with Crippen molar-refractivity contribution < 1.29 is 14.3 Å². The molecule has 0 fully saturated rings. The Morgan fingerprint density at radius 1 is 1.10 bits per heavy atom. The molecule has 0 atom stereocenters. The minimum Gasteiger partial charge on any atom is -0.462 e. The van der Waals surface area contributed by atoms with Crippen LogP contribution in [0.15, 0.2) is 54.9 Å². The number of carbonyl (C=O) groups excluding carboxylic acids is 2. The summed E-state index contributed by atoms with van der Waals surface area (Å²) < 4.78 is 8.07. The normalized spacial score (nSPS) is 11.0. The number of aryl methyl sites for hydroxylation is 1. The van der Waals surface area contributed by atoms with Gasteiger partial charge < -0.3 is 4.74 Å². The summed E-state index contributed by atoms with van der Waals surface area (Å²) in [6.45, 7) is 1.95. The van der Waals surface area contributed by atoms with Crippen molar-refractivity contribution in [1.29, 1.82) is 0 Å². The van der Waals surface area contributed by atoms with Crippen LogP contribution in [0.3, 0.4) is 0 Å². The second-order valence-corrected chi connectivity index (χ2v) is 6.49. The molecule has 0 unspecified atom stereocenters. The van der Waals surface area contributed by atoms with E-state index in [0.29, 0.717) is 11.5 Å². The first kappa shape index (κ1) is 18.5. The van der Waals surface area contributed by atoms with Crippen LogP contribution in [0.5, 0.6) is 0 Å². The van der Waals surface area contributed by atoms with Crippen molar-refractivity contribution in [2.75, 3.05) is 6.61 Å². The quantitative estimate of drug-likeness (QED) is 0.372. The van der Waals surface area contributed by atoms with Gasteiger partial charge in [0.25, 0.3) is 0 Å². The van der Waals surface area contributed by atoms with Gasteiger partial charge in [-0.05, 0) is 18.6 Å². The van der Waals surface area contributed by atoms with E-state index in [1.807, 2.05) is 42.5 Å². The maximum atomic E-state index is 12.9. The maximum Gasteiger partial charge on any atom is 0.342 e. The Morgan fingerprint density at radius 2 is 1.90 bits per heavy atom. The molecule has 3 heterocycles. The first-order valence-corrected chi connectivity index (χ1v) is 9.20. The molecule has 8 heteroatoms. The van der Waals surface area contributed by atoms with Crippen molar-refractivity contribution in [3.05, 3.63) is 71.7 Å². The average molecular weight is 389 g/mol. The Balaban J connectivity index is 1.61. The summed E-state index contributed by atoms with van der Waals surface area (Å²) in [5.41, 5.74) is 2.76. The number of nitrogens with zero attached hydrogens (tertiary/aromatic N) is 5. The van der Waals surface area contributed by atoms with Gasteiger partial charge in [0.1, 0.15) is 11.3 Å². The fraction of sp³-hybridized carbons (Fsp3) is 0.190. The van der Waals surface area contributed by atoms with Crippen molar-refractivity contribution in [2.24, 2.45) is 7.05 Å². The Labute approximate surface area is 166 Å². The first-order chi connectivity index (χ1) is 14.1. The molecule has 0 radical (unpaired) electrons. The lowest BCUT2D eigenvalue weighted by Crippen LogP contribution is -2.16. The molecule has 146 valence electrons. The number of esters is 1. The van der Waals surface area contributed by atoms with Gasteiger partial charge in [-0.15, -0.1) is 5.10 Å². The van der Waals surface area contributed by atoms with Crippen LogP contribution in [-0.2, 0) is 18.2 Å². The van der Waals surface area contributed by atoms with E-state index in [-0.39, 0.29) is 30.1 Å². The largest absolute Gasteiger partial charge is 0.462 e. The van der Waals surface area contributed by atoms with Gasteiger partial charge in [0.2, 0.25) is 0 Å². The average Bonchev–Trinajstić information content (AvgIpc) is 3.32. The maximum absolute atomic E-state index is 12.9. The molecule has 0 amide bonds. The molecule has 4 rings (SSSR count). The highest BCUT2D eigenvalue weighted by Gasteiger charge is 2.23. The van der Waals surface area contributed by atoms with Crippen molar-refractivity contribution in [3.63, 3.8) is 0 Å². The predicted octanol–water partition coefficient (Wildman–Crippen LogP) is 2.73. The van der Waals surface area contributed by atoms with E-state index in [9.17, 15) is 9.59 Å². The summed E-state index contributed by atoms with van der Waals surface area (Å²) >= 11 is 0. The van der Waals surface area contributed by atoms with E-state index >= 15 is 0 Å². The molecular weight excluding hydrogens is 370 g/mol. The van der Waals surface area contributed by atoms with Gasteiger partial charge in [0, 0.05) is 25.2 Å². The molecule has 29 heavy (non-hydrogen) atoms. The summed E-state index contributed by atoms with van der Waals surface area (Å²) in [7, 11) is 1.63. The van der Waals surface area contributed by atoms with Crippen LogP contribution < -0.4 is 0 Å². The molecule has 0 saturated heterocycles. The molecular formula is C21H19N5O3. The molecule has 8 nitrogen and oxygen atoms in total. The van der Waals surface area contributed by atoms with Crippen molar-refractivity contribution in [3.8, 4) is 11.4 Å². The van der Waals surface area contributed by atoms with Crippen LogP contribution in [0.1, 0.15) is 33.3 Å². The van der Waals surface area contributed by atoms with Crippen molar-refractivity contribution in [2.45, 2.75) is 13.3 Å². The van der Waals surface area contributed by atoms with Crippen LogP contribution in [-0.4, -0.2) is 42.7 Å². The monoisotopic (exact) mass is 389 g/mol. The third-order valence-corrected chi connectivity index (χ3v) is 4.49. The number of carbonyl (C=O) groups is 2. The third-order valence-electron chi connectivity index (χ3n) is 4.49. The summed E-state index contributed by atoms with van der Waals surface area (Å²) in [6, 6.07) is 13.3. The summed E-state index contributed by atoms with van der Waals surface area (Å²) in [5, 5.41) is 8.54.